The molecule has 0 fully saturated rings. The molecule has 2 heterocycles. The molecule has 7 nitrogen and oxygen atoms in total. The van der Waals surface area contributed by atoms with Crippen LogP contribution in [-0.4, -0.2) is 33.0 Å². The van der Waals surface area contributed by atoms with Gasteiger partial charge in [0.15, 0.2) is 22.5 Å². The summed E-state index contributed by atoms with van der Waals surface area (Å²) in [6.07, 6.45) is 9.78. The van der Waals surface area contributed by atoms with Crippen molar-refractivity contribution in [3.05, 3.63) is 52.4 Å². The lowest BCUT2D eigenvalue weighted by molar-refractivity contribution is 0.282. The van der Waals surface area contributed by atoms with Crippen LogP contribution in [0.15, 0.2) is 50.0 Å². The number of methoxy groups -OCH3 is 3. The van der Waals surface area contributed by atoms with E-state index in [1.54, 1.807) is 39.5 Å². The van der Waals surface area contributed by atoms with Crippen LogP contribution >= 0.6 is 0 Å². The zero-order chi connectivity index (χ0) is 26.2. The fourth-order valence-corrected chi connectivity index (χ4v) is 4.74. The second-order valence-corrected chi connectivity index (χ2v) is 9.25. The lowest BCUT2D eigenvalue weighted by atomic mass is 10.1. The Bertz CT molecular complexity index is 1380. The molecule has 4 aromatic rings. The number of ether oxygens (including phenoxy) is 3. The summed E-state index contributed by atoms with van der Waals surface area (Å²) in [5.41, 5.74) is 1.43. The van der Waals surface area contributed by atoms with Crippen LogP contribution in [0.4, 0.5) is 0 Å². The quantitative estimate of drug-likeness (QED) is 0.185. The summed E-state index contributed by atoms with van der Waals surface area (Å²) in [7, 11) is 4.74. The normalized spacial score (nSPS) is 11.4. The summed E-state index contributed by atoms with van der Waals surface area (Å²) in [6.45, 7) is 0.290. The molecule has 2 aromatic carbocycles. The van der Waals surface area contributed by atoms with E-state index in [0.717, 1.165) is 43.3 Å². The Hall–Kier alpha value is -3.45. The van der Waals surface area contributed by atoms with Gasteiger partial charge in [-0.1, -0.05) is 38.5 Å². The van der Waals surface area contributed by atoms with Crippen molar-refractivity contribution in [2.24, 2.45) is 0 Å². The van der Waals surface area contributed by atoms with Crippen molar-refractivity contribution in [3.63, 3.8) is 0 Å². The molecular formula is C30H36O7. The van der Waals surface area contributed by atoms with Gasteiger partial charge in [-0.05, 0) is 37.1 Å². The highest BCUT2D eigenvalue weighted by Gasteiger charge is 2.19. The van der Waals surface area contributed by atoms with Gasteiger partial charge in [0.1, 0.15) is 28.2 Å². The molecule has 0 aliphatic carbocycles. The Morgan fingerprint density at radius 3 is 2.08 bits per heavy atom. The topological polar surface area (TPSA) is 91.3 Å². The summed E-state index contributed by atoms with van der Waals surface area (Å²) >= 11 is 0. The number of aliphatic hydroxyl groups excluding tert-OH is 1. The van der Waals surface area contributed by atoms with Crippen molar-refractivity contribution < 1.29 is 28.2 Å². The zero-order valence-electron chi connectivity index (χ0n) is 21.9. The number of aliphatic hydroxyl groups is 1. The average Bonchev–Trinajstić information content (AvgIpc) is 3.34. The maximum Gasteiger partial charge on any atom is 0.197 e. The summed E-state index contributed by atoms with van der Waals surface area (Å²) in [5, 5.41) is 10.0. The molecule has 0 amide bonds. The molecule has 0 atom stereocenters. The lowest BCUT2D eigenvalue weighted by Crippen LogP contribution is -2.01. The van der Waals surface area contributed by atoms with E-state index in [-0.39, 0.29) is 5.43 Å². The van der Waals surface area contributed by atoms with Crippen LogP contribution in [0, 0.1) is 0 Å². The van der Waals surface area contributed by atoms with Gasteiger partial charge in [-0.25, -0.2) is 0 Å². The summed E-state index contributed by atoms with van der Waals surface area (Å²) < 4.78 is 28.7. The minimum Gasteiger partial charge on any atom is -0.496 e. The molecular weight excluding hydrogens is 472 g/mol. The molecule has 0 saturated heterocycles. The van der Waals surface area contributed by atoms with Gasteiger partial charge >= 0.3 is 0 Å². The van der Waals surface area contributed by atoms with Crippen LogP contribution in [0.5, 0.6) is 17.2 Å². The summed E-state index contributed by atoms with van der Waals surface area (Å²) in [4.78, 5) is 13.3. The molecule has 0 aliphatic rings. The Kier molecular flexibility index (Phi) is 9.12. The minimum atomic E-state index is -0.180. The van der Waals surface area contributed by atoms with Gasteiger partial charge in [-0.15, -0.1) is 0 Å². The van der Waals surface area contributed by atoms with Crippen LogP contribution in [0.3, 0.4) is 0 Å². The number of fused-ring (bicyclic) bond motifs is 3. The Balaban J connectivity index is 1.55. The number of furan rings is 1. The predicted octanol–water partition coefficient (Wildman–Crippen LogP) is 6.89. The van der Waals surface area contributed by atoms with Crippen LogP contribution in [-0.2, 0) is 6.42 Å². The average molecular weight is 509 g/mol. The monoisotopic (exact) mass is 508 g/mol. The minimum absolute atomic E-state index is 0.180. The fraction of sp³-hybridized carbons (Fsp3) is 0.433. The van der Waals surface area contributed by atoms with Crippen LogP contribution in [0.25, 0.3) is 33.3 Å². The van der Waals surface area contributed by atoms with Crippen LogP contribution in [0.2, 0.25) is 0 Å². The highest BCUT2D eigenvalue weighted by atomic mass is 16.5. The van der Waals surface area contributed by atoms with E-state index in [9.17, 15) is 4.79 Å². The van der Waals surface area contributed by atoms with Gasteiger partial charge in [-0.2, -0.15) is 0 Å². The van der Waals surface area contributed by atoms with E-state index in [4.69, 9.17) is 28.2 Å². The Morgan fingerprint density at radius 1 is 0.730 bits per heavy atom. The highest BCUT2D eigenvalue weighted by Crippen LogP contribution is 2.37. The molecule has 0 unspecified atom stereocenters. The van der Waals surface area contributed by atoms with Gasteiger partial charge in [0.05, 0.1) is 26.7 Å². The number of unbranched alkanes of at least 4 members (excludes halogenated alkanes) is 7. The molecule has 1 N–H and O–H groups in total. The largest absolute Gasteiger partial charge is 0.496 e. The zero-order valence-corrected chi connectivity index (χ0v) is 21.9. The maximum atomic E-state index is 13.3. The van der Waals surface area contributed by atoms with E-state index >= 15 is 0 Å². The molecule has 198 valence electrons. The van der Waals surface area contributed by atoms with Crippen molar-refractivity contribution in [3.8, 4) is 28.6 Å². The third kappa shape index (κ3) is 6.10. The molecule has 7 heteroatoms. The number of rotatable bonds is 14. The summed E-state index contributed by atoms with van der Waals surface area (Å²) in [5.74, 6) is 3.01. The van der Waals surface area contributed by atoms with Crippen LogP contribution < -0.4 is 19.6 Å². The smallest absolute Gasteiger partial charge is 0.197 e. The number of benzene rings is 2. The molecule has 2 aromatic heterocycles. The number of aryl methyl sites for hydroxylation is 1. The second kappa shape index (κ2) is 12.7. The van der Waals surface area contributed by atoms with Gasteiger partial charge in [0.2, 0.25) is 0 Å². The van der Waals surface area contributed by atoms with Gasteiger partial charge < -0.3 is 28.2 Å². The van der Waals surface area contributed by atoms with E-state index in [0.29, 0.717) is 51.7 Å². The summed E-state index contributed by atoms with van der Waals surface area (Å²) in [6, 6.07) is 10.6. The lowest BCUT2D eigenvalue weighted by Gasteiger charge is -2.10. The third-order valence-electron chi connectivity index (χ3n) is 6.73. The second-order valence-electron chi connectivity index (χ2n) is 9.25. The molecule has 4 rings (SSSR count). The van der Waals surface area contributed by atoms with Gasteiger partial charge in [0.25, 0.3) is 0 Å². The fourth-order valence-electron chi connectivity index (χ4n) is 4.74. The first kappa shape index (κ1) is 26.6. The van der Waals surface area contributed by atoms with E-state index in [1.807, 2.05) is 12.1 Å². The van der Waals surface area contributed by atoms with Crippen molar-refractivity contribution in [1.82, 2.24) is 0 Å². The van der Waals surface area contributed by atoms with Crippen molar-refractivity contribution >= 4 is 21.9 Å². The molecule has 0 radical (unpaired) electrons. The first-order valence-corrected chi connectivity index (χ1v) is 13.0. The predicted molar refractivity (Wildman–Crippen MR) is 145 cm³/mol. The van der Waals surface area contributed by atoms with E-state index < -0.39 is 0 Å². The van der Waals surface area contributed by atoms with Gasteiger partial charge in [-0.3, -0.25) is 4.79 Å². The number of hydrogen-bond acceptors (Lipinski definition) is 7. The molecule has 0 bridgehead atoms. The molecule has 0 aliphatic heterocycles. The van der Waals surface area contributed by atoms with Crippen molar-refractivity contribution in [2.45, 2.75) is 57.8 Å². The highest BCUT2D eigenvalue weighted by molar-refractivity contribution is 6.05. The van der Waals surface area contributed by atoms with E-state index in [2.05, 4.69) is 0 Å². The third-order valence-corrected chi connectivity index (χ3v) is 6.73. The SMILES string of the molecule is COc1ccc(-c2cc(=O)c3c(cc(OC)c4cc(CCCCCCCCCCO)oc43)o2)cc1OC. The van der Waals surface area contributed by atoms with Crippen LogP contribution in [0.1, 0.15) is 57.1 Å². The first-order chi connectivity index (χ1) is 18.1. The standard InChI is InChI=1S/C30H36O7/c1-33-24-14-13-20(16-27(24)35-3)25-18-23(32)29-28(37-25)19-26(34-2)22-17-21(36-30(22)29)12-10-8-6-4-5-7-9-11-15-31/h13-14,16-19,31H,4-12,15H2,1-3H3. The molecule has 37 heavy (non-hydrogen) atoms. The van der Waals surface area contributed by atoms with Gasteiger partial charge in [0, 0.05) is 30.7 Å². The van der Waals surface area contributed by atoms with E-state index in [1.165, 1.54) is 31.7 Å². The molecule has 0 saturated carbocycles. The van der Waals surface area contributed by atoms with Crippen molar-refractivity contribution in [1.29, 1.82) is 0 Å². The van der Waals surface area contributed by atoms with Crippen molar-refractivity contribution in [2.75, 3.05) is 27.9 Å². The Morgan fingerprint density at radius 2 is 1.41 bits per heavy atom. The first-order valence-electron chi connectivity index (χ1n) is 13.0. The molecule has 0 spiro atoms. The Labute approximate surface area is 216 Å². The number of hydrogen-bond donors (Lipinski definition) is 1. The maximum absolute atomic E-state index is 13.3.